The fourth-order valence-electron chi connectivity index (χ4n) is 3.81. The van der Waals surface area contributed by atoms with Crippen LogP contribution in [0.3, 0.4) is 0 Å². The Labute approximate surface area is 108 Å². The Hall–Kier alpha value is 0.679. The van der Waals surface area contributed by atoms with Crippen LogP contribution in [0.2, 0.25) is 3.43 Å². The molecular formula is C12H31N3Sn. The Balaban J connectivity index is 5.51. The molecule has 0 bridgehead atoms. The van der Waals surface area contributed by atoms with Crippen molar-refractivity contribution < 1.29 is 0 Å². The van der Waals surface area contributed by atoms with Crippen molar-refractivity contribution in [2.24, 2.45) is 0 Å². The van der Waals surface area contributed by atoms with E-state index in [1.807, 2.05) is 0 Å². The Morgan fingerprint density at radius 2 is 1.12 bits per heavy atom. The number of rotatable bonds is 6. The van der Waals surface area contributed by atoms with Crippen LogP contribution in [0.5, 0.6) is 0 Å². The van der Waals surface area contributed by atoms with E-state index in [1.165, 1.54) is 12.8 Å². The molecule has 16 heavy (non-hydrogen) atoms. The molecule has 0 aromatic heterocycles. The van der Waals surface area contributed by atoms with Crippen molar-refractivity contribution >= 4 is 19.2 Å². The molecule has 0 rings (SSSR count). The summed E-state index contributed by atoms with van der Waals surface area (Å²) in [7, 11) is 13.5. The molecule has 0 radical (unpaired) electrons. The van der Waals surface area contributed by atoms with Crippen LogP contribution >= 0.6 is 0 Å². The van der Waals surface area contributed by atoms with Crippen molar-refractivity contribution in [3.05, 3.63) is 0 Å². The van der Waals surface area contributed by atoms with E-state index in [9.17, 15) is 0 Å². The van der Waals surface area contributed by atoms with E-state index in [4.69, 9.17) is 0 Å². The molecule has 0 heterocycles. The molecule has 0 aromatic rings. The van der Waals surface area contributed by atoms with Crippen LogP contribution in [0.1, 0.15) is 33.6 Å². The summed E-state index contributed by atoms with van der Waals surface area (Å²) >= 11 is -2.66. The second-order valence-corrected chi connectivity index (χ2v) is 21.1. The molecule has 0 aliphatic heterocycles. The molecule has 0 unspecified atom stereocenters. The summed E-state index contributed by atoms with van der Waals surface area (Å²) in [5.74, 6) is 0. The first kappa shape index (κ1) is 16.7. The van der Waals surface area contributed by atoms with E-state index in [2.05, 4.69) is 72.4 Å². The minimum absolute atomic E-state index is 0.417. The van der Waals surface area contributed by atoms with Gasteiger partial charge in [0.1, 0.15) is 0 Å². The van der Waals surface area contributed by atoms with Crippen LogP contribution in [0.25, 0.3) is 0 Å². The summed E-state index contributed by atoms with van der Waals surface area (Å²) in [6, 6.07) is 0. The molecule has 0 atom stereocenters. The van der Waals surface area contributed by atoms with Crippen LogP contribution in [0.15, 0.2) is 0 Å². The summed E-state index contributed by atoms with van der Waals surface area (Å²) in [6.07, 6.45) is 2.57. The van der Waals surface area contributed by atoms with Crippen molar-refractivity contribution in [1.29, 1.82) is 0 Å². The van der Waals surface area contributed by atoms with Crippen LogP contribution in [-0.2, 0) is 0 Å². The molecule has 0 aliphatic rings. The van der Waals surface area contributed by atoms with Gasteiger partial charge in [-0.25, -0.2) is 0 Å². The quantitative estimate of drug-likeness (QED) is 0.689. The van der Waals surface area contributed by atoms with Crippen LogP contribution < -0.4 is 0 Å². The molecule has 0 aliphatic carbocycles. The Kier molecular flexibility index (Phi) is 6.28. The molecule has 0 saturated carbocycles. The van der Waals surface area contributed by atoms with Gasteiger partial charge < -0.3 is 0 Å². The van der Waals surface area contributed by atoms with Gasteiger partial charge in [-0.15, -0.1) is 0 Å². The van der Waals surface area contributed by atoms with Gasteiger partial charge in [-0.3, -0.25) is 0 Å². The summed E-state index contributed by atoms with van der Waals surface area (Å²) in [5, 5.41) is 0. The molecule has 0 amide bonds. The minimum atomic E-state index is -2.66. The van der Waals surface area contributed by atoms with Gasteiger partial charge in [0.2, 0.25) is 0 Å². The number of nitrogens with zero attached hydrogens (tertiary/aromatic N) is 3. The average molecular weight is 336 g/mol. The first-order valence-corrected chi connectivity index (χ1v) is 11.4. The second kappa shape index (κ2) is 6.03. The Bertz CT molecular complexity index is 191. The standard InChI is InChI=1S/C6H13.3C2H6N.Sn/c1-4-5-6(2)3;3*1-3-2;/h4-5H2,1-3H3;3*1-2H3;/q;3*-1;+3. The Morgan fingerprint density at radius 3 is 1.31 bits per heavy atom. The molecular weight excluding hydrogens is 305 g/mol. The fraction of sp³-hybridized carbons (Fsp3) is 1.00. The van der Waals surface area contributed by atoms with Gasteiger partial charge in [-0.2, -0.15) is 0 Å². The zero-order valence-corrected chi connectivity index (χ0v) is 15.6. The summed E-state index contributed by atoms with van der Waals surface area (Å²) in [5.41, 5.74) is 0. The zero-order chi connectivity index (χ0) is 13.1. The first-order valence-electron chi connectivity index (χ1n) is 6.16. The summed E-state index contributed by atoms with van der Waals surface area (Å²) < 4.78 is 8.01. The Morgan fingerprint density at radius 1 is 0.812 bits per heavy atom. The molecule has 4 heteroatoms. The normalized spacial score (nSPS) is 14.2. The SMILES string of the molecule is CCC[C](C)(C)[Sn]([N](C)C)([N](C)C)[N](C)C. The summed E-state index contributed by atoms with van der Waals surface area (Å²) in [4.78, 5) is 0. The third kappa shape index (κ3) is 2.74. The predicted octanol–water partition coefficient (Wildman–Crippen LogP) is 2.19. The van der Waals surface area contributed by atoms with Crippen molar-refractivity contribution in [3.63, 3.8) is 0 Å². The molecule has 0 saturated heterocycles. The topological polar surface area (TPSA) is 9.72 Å². The fourth-order valence-corrected chi connectivity index (χ4v) is 22.7. The van der Waals surface area contributed by atoms with E-state index in [-0.39, 0.29) is 0 Å². The summed E-state index contributed by atoms with van der Waals surface area (Å²) in [6.45, 7) is 7.19. The van der Waals surface area contributed by atoms with Crippen LogP contribution in [-0.4, -0.2) is 70.8 Å². The van der Waals surface area contributed by atoms with Crippen LogP contribution in [0, 0.1) is 0 Å². The zero-order valence-electron chi connectivity index (χ0n) is 12.8. The van der Waals surface area contributed by atoms with Crippen LogP contribution in [0.4, 0.5) is 0 Å². The van der Waals surface area contributed by atoms with Gasteiger partial charge in [0.25, 0.3) is 0 Å². The third-order valence-electron chi connectivity index (χ3n) is 3.65. The molecule has 3 nitrogen and oxygen atoms in total. The van der Waals surface area contributed by atoms with E-state index < -0.39 is 19.2 Å². The number of hydrogen-bond donors (Lipinski definition) is 0. The molecule has 0 aromatic carbocycles. The number of hydrogen-bond acceptors (Lipinski definition) is 3. The van der Waals surface area contributed by atoms with E-state index >= 15 is 0 Å². The van der Waals surface area contributed by atoms with Crippen molar-refractivity contribution in [2.75, 3.05) is 42.3 Å². The van der Waals surface area contributed by atoms with Gasteiger partial charge in [-0.1, -0.05) is 0 Å². The van der Waals surface area contributed by atoms with Gasteiger partial charge in [0.05, 0.1) is 0 Å². The van der Waals surface area contributed by atoms with Crippen molar-refractivity contribution in [1.82, 2.24) is 9.36 Å². The predicted molar refractivity (Wildman–Crippen MR) is 75.8 cm³/mol. The van der Waals surface area contributed by atoms with Gasteiger partial charge in [-0.05, 0) is 0 Å². The third-order valence-corrected chi connectivity index (χ3v) is 20.2. The maximum absolute atomic E-state index is 2.66. The average Bonchev–Trinajstić information content (AvgIpc) is 2.00. The first-order chi connectivity index (χ1) is 7.14. The molecule has 0 N–H and O–H groups in total. The molecule has 0 spiro atoms. The van der Waals surface area contributed by atoms with Crippen molar-refractivity contribution in [3.8, 4) is 0 Å². The van der Waals surface area contributed by atoms with Gasteiger partial charge in [0, 0.05) is 0 Å². The monoisotopic (exact) mass is 337 g/mol. The van der Waals surface area contributed by atoms with E-state index in [0.717, 1.165) is 0 Å². The van der Waals surface area contributed by atoms with Gasteiger partial charge in [0.15, 0.2) is 0 Å². The van der Waals surface area contributed by atoms with E-state index in [0.29, 0.717) is 3.43 Å². The van der Waals surface area contributed by atoms with E-state index in [1.54, 1.807) is 0 Å². The maximum atomic E-state index is 2.53. The van der Waals surface area contributed by atoms with Crippen molar-refractivity contribution in [2.45, 2.75) is 37.0 Å². The van der Waals surface area contributed by atoms with Gasteiger partial charge >= 0.3 is 108 Å². The molecule has 98 valence electrons. The molecule has 0 fully saturated rings. The second-order valence-electron chi connectivity index (χ2n) is 5.95.